The van der Waals surface area contributed by atoms with Gasteiger partial charge in [-0.25, -0.2) is 0 Å². The summed E-state index contributed by atoms with van der Waals surface area (Å²) < 4.78 is 0.929. The molecule has 0 aromatic heterocycles. The molecule has 1 heterocycles. The number of hydrogen-bond acceptors (Lipinski definition) is 2. The van der Waals surface area contributed by atoms with Crippen LogP contribution in [0.15, 0.2) is 22.7 Å². The molecule has 1 amide bonds. The SMILES string of the molecule is O=C1c2cc(Br)ccc2CN1CCCO. The van der Waals surface area contributed by atoms with E-state index in [1.807, 2.05) is 18.2 Å². The van der Waals surface area contributed by atoms with E-state index in [9.17, 15) is 4.79 Å². The predicted molar refractivity (Wildman–Crippen MR) is 60.6 cm³/mol. The first kappa shape index (κ1) is 10.6. The molecule has 0 bridgehead atoms. The summed E-state index contributed by atoms with van der Waals surface area (Å²) in [6.07, 6.45) is 0.640. The van der Waals surface area contributed by atoms with E-state index in [1.54, 1.807) is 4.90 Å². The van der Waals surface area contributed by atoms with Crippen molar-refractivity contribution in [3.63, 3.8) is 0 Å². The number of fused-ring (bicyclic) bond motifs is 1. The molecule has 0 spiro atoms. The lowest BCUT2D eigenvalue weighted by Crippen LogP contribution is -2.25. The molecule has 1 N–H and O–H groups in total. The summed E-state index contributed by atoms with van der Waals surface area (Å²) in [4.78, 5) is 13.6. The smallest absolute Gasteiger partial charge is 0.254 e. The molecule has 0 unspecified atom stereocenters. The standard InChI is InChI=1S/C11H12BrNO2/c12-9-3-2-8-7-13(4-1-5-14)11(15)10(8)6-9/h2-3,6,14H,1,4-5,7H2. The topological polar surface area (TPSA) is 40.5 Å². The molecule has 2 rings (SSSR count). The molecular weight excluding hydrogens is 258 g/mol. The molecule has 0 atom stereocenters. The van der Waals surface area contributed by atoms with Gasteiger partial charge in [0.25, 0.3) is 5.91 Å². The molecule has 0 saturated carbocycles. The molecule has 0 fully saturated rings. The Morgan fingerprint density at radius 1 is 1.47 bits per heavy atom. The van der Waals surface area contributed by atoms with Gasteiger partial charge >= 0.3 is 0 Å². The third-order valence-electron chi connectivity index (χ3n) is 2.54. The van der Waals surface area contributed by atoms with Gasteiger partial charge in [-0.3, -0.25) is 4.79 Å². The first-order valence-electron chi connectivity index (χ1n) is 4.91. The van der Waals surface area contributed by atoms with Crippen molar-refractivity contribution in [2.75, 3.05) is 13.2 Å². The highest BCUT2D eigenvalue weighted by molar-refractivity contribution is 9.10. The number of nitrogens with zero attached hydrogens (tertiary/aromatic N) is 1. The third-order valence-corrected chi connectivity index (χ3v) is 3.03. The van der Waals surface area contributed by atoms with Crippen molar-refractivity contribution in [2.24, 2.45) is 0 Å². The van der Waals surface area contributed by atoms with Crippen LogP contribution in [0.25, 0.3) is 0 Å². The van der Waals surface area contributed by atoms with Crippen molar-refractivity contribution in [2.45, 2.75) is 13.0 Å². The maximum Gasteiger partial charge on any atom is 0.254 e. The normalized spacial score (nSPS) is 14.5. The number of carbonyl (C=O) groups excluding carboxylic acids is 1. The van der Waals surface area contributed by atoms with E-state index in [-0.39, 0.29) is 12.5 Å². The summed E-state index contributed by atoms with van der Waals surface area (Å²) in [6, 6.07) is 5.77. The Morgan fingerprint density at radius 2 is 2.27 bits per heavy atom. The van der Waals surface area contributed by atoms with E-state index < -0.39 is 0 Å². The minimum Gasteiger partial charge on any atom is -0.396 e. The average Bonchev–Trinajstić information content (AvgIpc) is 2.53. The highest BCUT2D eigenvalue weighted by Gasteiger charge is 2.26. The Bertz CT molecular complexity index is 392. The number of aliphatic hydroxyl groups is 1. The molecule has 80 valence electrons. The zero-order chi connectivity index (χ0) is 10.8. The number of halogens is 1. The van der Waals surface area contributed by atoms with Crippen LogP contribution in [0.4, 0.5) is 0 Å². The summed E-state index contributed by atoms with van der Waals surface area (Å²) in [6.45, 7) is 1.42. The van der Waals surface area contributed by atoms with Gasteiger partial charge < -0.3 is 10.0 Å². The number of hydrogen-bond donors (Lipinski definition) is 1. The lowest BCUT2D eigenvalue weighted by Gasteiger charge is -2.13. The van der Waals surface area contributed by atoms with Crippen LogP contribution in [-0.2, 0) is 6.54 Å². The van der Waals surface area contributed by atoms with Gasteiger partial charge in [-0.05, 0) is 24.1 Å². The molecule has 1 aliphatic heterocycles. The zero-order valence-corrected chi connectivity index (χ0v) is 9.83. The van der Waals surface area contributed by atoms with Crippen LogP contribution in [0.2, 0.25) is 0 Å². The van der Waals surface area contributed by atoms with E-state index in [2.05, 4.69) is 15.9 Å². The Labute approximate surface area is 96.8 Å². The lowest BCUT2D eigenvalue weighted by molar-refractivity contribution is 0.0768. The van der Waals surface area contributed by atoms with Crippen LogP contribution in [0, 0.1) is 0 Å². The fraction of sp³-hybridized carbons (Fsp3) is 0.364. The van der Waals surface area contributed by atoms with E-state index in [4.69, 9.17) is 5.11 Å². The fourth-order valence-corrected chi connectivity index (χ4v) is 2.14. The summed E-state index contributed by atoms with van der Waals surface area (Å²) in [5.41, 5.74) is 1.85. The van der Waals surface area contributed by atoms with Crippen molar-refractivity contribution in [1.82, 2.24) is 4.90 Å². The fourth-order valence-electron chi connectivity index (χ4n) is 1.78. The van der Waals surface area contributed by atoms with E-state index in [1.165, 1.54) is 0 Å². The maximum atomic E-state index is 11.9. The molecule has 1 aromatic carbocycles. The predicted octanol–water partition coefficient (Wildman–Crippen LogP) is 1.79. The number of benzene rings is 1. The lowest BCUT2D eigenvalue weighted by atomic mass is 10.1. The van der Waals surface area contributed by atoms with Gasteiger partial charge in [0.1, 0.15) is 0 Å². The van der Waals surface area contributed by atoms with Gasteiger partial charge in [-0.2, -0.15) is 0 Å². The molecular formula is C11H12BrNO2. The Morgan fingerprint density at radius 3 is 3.00 bits per heavy atom. The molecule has 0 radical (unpaired) electrons. The average molecular weight is 270 g/mol. The minimum absolute atomic E-state index is 0.0692. The quantitative estimate of drug-likeness (QED) is 0.909. The first-order chi connectivity index (χ1) is 7.22. The third kappa shape index (κ3) is 2.06. The maximum absolute atomic E-state index is 11.9. The van der Waals surface area contributed by atoms with Gasteiger partial charge in [0.2, 0.25) is 0 Å². The van der Waals surface area contributed by atoms with Crippen LogP contribution in [0.5, 0.6) is 0 Å². The monoisotopic (exact) mass is 269 g/mol. The summed E-state index contributed by atoms with van der Waals surface area (Å²) in [7, 11) is 0. The number of rotatable bonds is 3. The highest BCUT2D eigenvalue weighted by atomic mass is 79.9. The van der Waals surface area contributed by atoms with Gasteiger partial charge in [-0.1, -0.05) is 22.0 Å². The summed E-state index contributed by atoms with van der Waals surface area (Å²) in [5.74, 6) is 0.0692. The second-order valence-corrected chi connectivity index (χ2v) is 4.52. The van der Waals surface area contributed by atoms with E-state index in [0.29, 0.717) is 19.5 Å². The van der Waals surface area contributed by atoms with Gasteiger partial charge in [0, 0.05) is 29.7 Å². The van der Waals surface area contributed by atoms with Crippen LogP contribution < -0.4 is 0 Å². The zero-order valence-electron chi connectivity index (χ0n) is 8.24. The van der Waals surface area contributed by atoms with E-state index >= 15 is 0 Å². The molecule has 3 nitrogen and oxygen atoms in total. The first-order valence-corrected chi connectivity index (χ1v) is 5.70. The Kier molecular flexibility index (Phi) is 3.07. The highest BCUT2D eigenvalue weighted by Crippen LogP contribution is 2.25. The summed E-state index contributed by atoms with van der Waals surface area (Å²) >= 11 is 3.35. The number of carbonyl (C=O) groups is 1. The van der Waals surface area contributed by atoms with Gasteiger partial charge in [-0.15, -0.1) is 0 Å². The number of amides is 1. The van der Waals surface area contributed by atoms with Crippen LogP contribution >= 0.6 is 15.9 Å². The Balaban J connectivity index is 2.18. The van der Waals surface area contributed by atoms with Crippen LogP contribution in [0.3, 0.4) is 0 Å². The molecule has 15 heavy (non-hydrogen) atoms. The van der Waals surface area contributed by atoms with E-state index in [0.717, 1.165) is 15.6 Å². The van der Waals surface area contributed by atoms with Crippen molar-refractivity contribution >= 4 is 21.8 Å². The second kappa shape index (κ2) is 4.33. The molecule has 1 aromatic rings. The van der Waals surface area contributed by atoms with Crippen molar-refractivity contribution < 1.29 is 9.90 Å². The second-order valence-electron chi connectivity index (χ2n) is 3.61. The van der Waals surface area contributed by atoms with Crippen molar-refractivity contribution in [3.8, 4) is 0 Å². The molecule has 0 aliphatic carbocycles. The molecule has 0 saturated heterocycles. The van der Waals surface area contributed by atoms with Crippen molar-refractivity contribution in [3.05, 3.63) is 33.8 Å². The minimum atomic E-state index is 0.0692. The largest absolute Gasteiger partial charge is 0.396 e. The van der Waals surface area contributed by atoms with Gasteiger partial charge in [0.05, 0.1) is 0 Å². The molecule has 1 aliphatic rings. The van der Waals surface area contributed by atoms with Crippen LogP contribution in [0.1, 0.15) is 22.3 Å². The van der Waals surface area contributed by atoms with Crippen LogP contribution in [-0.4, -0.2) is 29.1 Å². The summed E-state index contributed by atoms with van der Waals surface area (Å²) in [5, 5.41) is 8.73. The van der Waals surface area contributed by atoms with Crippen molar-refractivity contribution in [1.29, 1.82) is 0 Å². The number of aliphatic hydroxyl groups excluding tert-OH is 1. The van der Waals surface area contributed by atoms with Gasteiger partial charge in [0.15, 0.2) is 0 Å². The Hall–Kier alpha value is -0.870. The molecule has 4 heteroatoms.